The SMILES string of the molecule is CC[C@H](C)[C@H](NC(=O)OCc1ccccc1)C(=O)N1CCN(CC(=O)Nc2cc(C)on2)CC1. The second-order valence-electron chi connectivity index (χ2n) is 8.54. The zero-order chi connectivity index (χ0) is 24.5. The van der Waals surface area contributed by atoms with Crippen molar-refractivity contribution in [1.82, 2.24) is 20.3 Å². The molecule has 1 aromatic carbocycles. The van der Waals surface area contributed by atoms with E-state index in [-0.39, 0.29) is 30.9 Å². The van der Waals surface area contributed by atoms with Gasteiger partial charge in [0.25, 0.3) is 0 Å². The molecule has 2 atom stereocenters. The maximum absolute atomic E-state index is 13.2. The van der Waals surface area contributed by atoms with Crippen molar-refractivity contribution in [3.8, 4) is 0 Å². The fourth-order valence-corrected chi connectivity index (χ4v) is 3.71. The highest BCUT2D eigenvalue weighted by molar-refractivity contribution is 5.91. The topological polar surface area (TPSA) is 117 Å². The van der Waals surface area contributed by atoms with Crippen molar-refractivity contribution >= 4 is 23.7 Å². The lowest BCUT2D eigenvalue weighted by Gasteiger charge is -2.37. The number of ether oxygens (including phenoxy) is 1. The lowest BCUT2D eigenvalue weighted by Crippen LogP contribution is -2.57. The minimum absolute atomic E-state index is 0.0495. The zero-order valence-electron chi connectivity index (χ0n) is 20.0. The summed E-state index contributed by atoms with van der Waals surface area (Å²) in [6.07, 6.45) is 0.123. The van der Waals surface area contributed by atoms with Crippen molar-refractivity contribution in [2.45, 2.75) is 39.8 Å². The molecule has 10 heteroatoms. The van der Waals surface area contributed by atoms with Crippen molar-refractivity contribution in [3.63, 3.8) is 0 Å². The first-order valence-corrected chi connectivity index (χ1v) is 11.6. The first kappa shape index (κ1) is 25.2. The normalized spacial score (nSPS) is 15.9. The maximum Gasteiger partial charge on any atom is 0.408 e. The van der Waals surface area contributed by atoms with E-state index in [1.807, 2.05) is 49.1 Å². The monoisotopic (exact) mass is 471 g/mol. The van der Waals surface area contributed by atoms with Crippen molar-refractivity contribution in [2.75, 3.05) is 38.0 Å². The van der Waals surface area contributed by atoms with Gasteiger partial charge in [-0.1, -0.05) is 55.8 Å². The van der Waals surface area contributed by atoms with E-state index in [0.29, 0.717) is 37.8 Å². The number of nitrogens with zero attached hydrogens (tertiary/aromatic N) is 3. The summed E-state index contributed by atoms with van der Waals surface area (Å²) in [4.78, 5) is 41.6. The Bertz CT molecular complexity index is 956. The molecule has 1 aliphatic heterocycles. The number of rotatable bonds is 9. The van der Waals surface area contributed by atoms with Crippen LogP contribution in [0.15, 0.2) is 40.9 Å². The molecule has 1 fully saturated rings. The zero-order valence-corrected chi connectivity index (χ0v) is 20.0. The molecule has 10 nitrogen and oxygen atoms in total. The number of piperazine rings is 1. The number of hydrogen-bond donors (Lipinski definition) is 2. The van der Waals surface area contributed by atoms with Crippen LogP contribution in [-0.4, -0.2) is 71.6 Å². The van der Waals surface area contributed by atoms with Crippen LogP contribution in [0.3, 0.4) is 0 Å². The molecule has 0 saturated carbocycles. The molecule has 0 unspecified atom stereocenters. The molecule has 0 radical (unpaired) electrons. The van der Waals surface area contributed by atoms with Crippen LogP contribution < -0.4 is 10.6 Å². The summed E-state index contributed by atoms with van der Waals surface area (Å²) >= 11 is 0. The van der Waals surface area contributed by atoms with Crippen molar-refractivity contribution in [2.24, 2.45) is 5.92 Å². The molecule has 1 aliphatic rings. The average Bonchev–Trinajstić information content (AvgIpc) is 3.25. The third kappa shape index (κ3) is 7.31. The van der Waals surface area contributed by atoms with E-state index in [1.54, 1.807) is 17.9 Å². The summed E-state index contributed by atoms with van der Waals surface area (Å²) in [6.45, 7) is 8.08. The molecule has 3 rings (SSSR count). The van der Waals surface area contributed by atoms with E-state index in [2.05, 4.69) is 15.8 Å². The van der Waals surface area contributed by atoms with Crippen LogP contribution in [0.25, 0.3) is 0 Å². The fourth-order valence-electron chi connectivity index (χ4n) is 3.71. The number of alkyl carbamates (subject to hydrolysis) is 1. The standard InChI is InChI=1S/C24H33N5O5/c1-4-17(2)22(26-24(32)33-16-19-8-6-5-7-9-19)23(31)29-12-10-28(11-13-29)15-21(30)25-20-14-18(3)34-27-20/h5-9,14,17,22H,4,10-13,15-16H2,1-3H3,(H,26,32)(H,25,27,30)/t17-,22-/m0/s1. The highest BCUT2D eigenvalue weighted by atomic mass is 16.5. The molecular weight excluding hydrogens is 438 g/mol. The Morgan fingerprint density at radius 3 is 2.47 bits per heavy atom. The predicted octanol–water partition coefficient (Wildman–Crippen LogP) is 2.41. The van der Waals surface area contributed by atoms with E-state index in [4.69, 9.17) is 9.26 Å². The van der Waals surface area contributed by atoms with Gasteiger partial charge in [0.05, 0.1) is 6.54 Å². The smallest absolute Gasteiger partial charge is 0.408 e. The van der Waals surface area contributed by atoms with Gasteiger partial charge >= 0.3 is 6.09 Å². The molecular formula is C24H33N5O5. The Labute approximate surface area is 199 Å². The van der Waals surface area contributed by atoms with Gasteiger partial charge in [-0.15, -0.1) is 0 Å². The van der Waals surface area contributed by atoms with Gasteiger partial charge in [-0.2, -0.15) is 0 Å². The molecule has 2 N–H and O–H groups in total. The highest BCUT2D eigenvalue weighted by Crippen LogP contribution is 2.14. The van der Waals surface area contributed by atoms with Gasteiger partial charge in [0.15, 0.2) is 5.82 Å². The minimum Gasteiger partial charge on any atom is -0.445 e. The number of benzene rings is 1. The number of nitrogens with one attached hydrogen (secondary N) is 2. The molecule has 2 heterocycles. The Balaban J connectivity index is 1.47. The minimum atomic E-state index is -0.668. The van der Waals surface area contributed by atoms with Gasteiger partial charge in [0, 0.05) is 32.2 Å². The Morgan fingerprint density at radius 2 is 1.85 bits per heavy atom. The summed E-state index contributed by atoms with van der Waals surface area (Å²) in [5.74, 6) is 0.641. The average molecular weight is 472 g/mol. The summed E-state index contributed by atoms with van der Waals surface area (Å²) in [7, 11) is 0. The molecule has 0 spiro atoms. The van der Waals surface area contributed by atoms with Gasteiger partial charge in [-0.05, 0) is 18.4 Å². The lowest BCUT2D eigenvalue weighted by molar-refractivity contribution is -0.136. The van der Waals surface area contributed by atoms with Gasteiger partial charge in [0.2, 0.25) is 11.8 Å². The summed E-state index contributed by atoms with van der Waals surface area (Å²) in [6, 6.07) is 10.4. The quantitative estimate of drug-likeness (QED) is 0.577. The molecule has 2 aromatic rings. The van der Waals surface area contributed by atoms with Gasteiger partial charge < -0.3 is 24.8 Å². The van der Waals surface area contributed by atoms with Crippen molar-refractivity contribution in [1.29, 1.82) is 0 Å². The molecule has 1 saturated heterocycles. The number of carbonyl (C=O) groups is 3. The number of anilines is 1. The Kier molecular flexibility index (Phi) is 9.03. The predicted molar refractivity (Wildman–Crippen MR) is 126 cm³/mol. The second-order valence-corrected chi connectivity index (χ2v) is 8.54. The number of hydrogen-bond acceptors (Lipinski definition) is 7. The number of amides is 3. The number of carbonyl (C=O) groups excluding carboxylic acids is 3. The van der Waals surface area contributed by atoms with Crippen LogP contribution in [0.5, 0.6) is 0 Å². The van der Waals surface area contributed by atoms with Crippen LogP contribution in [0, 0.1) is 12.8 Å². The largest absolute Gasteiger partial charge is 0.445 e. The first-order valence-electron chi connectivity index (χ1n) is 11.6. The number of aryl methyl sites for hydroxylation is 1. The third-order valence-electron chi connectivity index (χ3n) is 5.91. The summed E-state index contributed by atoms with van der Waals surface area (Å²) < 4.78 is 10.3. The van der Waals surface area contributed by atoms with Crippen molar-refractivity contribution in [3.05, 3.63) is 47.7 Å². The summed E-state index contributed by atoms with van der Waals surface area (Å²) in [5, 5.41) is 9.22. The van der Waals surface area contributed by atoms with E-state index >= 15 is 0 Å². The number of aromatic nitrogens is 1. The molecule has 184 valence electrons. The van der Waals surface area contributed by atoms with Crippen molar-refractivity contribution < 1.29 is 23.6 Å². The van der Waals surface area contributed by atoms with Crippen LogP contribution in [-0.2, 0) is 20.9 Å². The van der Waals surface area contributed by atoms with Crippen LogP contribution >= 0.6 is 0 Å². The molecule has 0 bridgehead atoms. The molecule has 3 amide bonds. The van der Waals surface area contributed by atoms with E-state index < -0.39 is 12.1 Å². The molecule has 1 aromatic heterocycles. The fraction of sp³-hybridized carbons (Fsp3) is 0.500. The molecule has 0 aliphatic carbocycles. The maximum atomic E-state index is 13.2. The van der Waals surface area contributed by atoms with E-state index in [0.717, 1.165) is 12.0 Å². The summed E-state index contributed by atoms with van der Waals surface area (Å²) in [5.41, 5.74) is 0.878. The third-order valence-corrected chi connectivity index (χ3v) is 5.91. The first-order chi connectivity index (χ1) is 16.4. The van der Waals surface area contributed by atoms with Crippen LogP contribution in [0.4, 0.5) is 10.6 Å². The Morgan fingerprint density at radius 1 is 1.15 bits per heavy atom. The second kappa shape index (κ2) is 12.2. The molecule has 34 heavy (non-hydrogen) atoms. The van der Waals surface area contributed by atoms with Crippen LogP contribution in [0.2, 0.25) is 0 Å². The van der Waals surface area contributed by atoms with Gasteiger partial charge in [0.1, 0.15) is 18.4 Å². The Hall–Kier alpha value is -3.40. The van der Waals surface area contributed by atoms with Gasteiger partial charge in [-0.25, -0.2) is 4.79 Å². The van der Waals surface area contributed by atoms with Crippen LogP contribution in [0.1, 0.15) is 31.6 Å². The van der Waals surface area contributed by atoms with E-state index in [9.17, 15) is 14.4 Å². The van der Waals surface area contributed by atoms with Gasteiger partial charge in [-0.3, -0.25) is 14.5 Å². The highest BCUT2D eigenvalue weighted by Gasteiger charge is 2.32. The lowest BCUT2D eigenvalue weighted by atomic mass is 9.97. The van der Waals surface area contributed by atoms with E-state index in [1.165, 1.54) is 0 Å².